The van der Waals surface area contributed by atoms with Crippen LogP contribution in [0.25, 0.3) is 11.0 Å². The highest BCUT2D eigenvalue weighted by atomic mass is 16.3. The van der Waals surface area contributed by atoms with Crippen molar-refractivity contribution in [1.29, 1.82) is 0 Å². The summed E-state index contributed by atoms with van der Waals surface area (Å²) in [5.41, 5.74) is 2.32. The van der Waals surface area contributed by atoms with E-state index in [1.165, 1.54) is 0 Å². The molecular weight excluding hydrogens is 328 g/mol. The highest BCUT2D eigenvalue weighted by molar-refractivity contribution is 5.97. The van der Waals surface area contributed by atoms with Gasteiger partial charge in [0.25, 0.3) is 5.91 Å². The predicted octanol–water partition coefficient (Wildman–Crippen LogP) is 1.85. The standard InChI is InChI=1S/C20H22N4O2/c1-13-22-16-8-7-14(11-17(16)23-13)19(26)24-20(9-10-21-12-18(20)25)15-5-3-2-4-6-15/h2-8,11,18,21,25H,9-10,12H2,1H3,(H,22,23)(H,24,26)/t18-,20-/m1/s1. The van der Waals surface area contributed by atoms with E-state index in [2.05, 4.69) is 20.6 Å². The van der Waals surface area contributed by atoms with Crippen LogP contribution in [0, 0.1) is 6.92 Å². The molecular formula is C20H22N4O2. The number of piperidine rings is 1. The second-order valence-electron chi connectivity index (χ2n) is 6.82. The number of nitrogens with one attached hydrogen (secondary N) is 3. The van der Waals surface area contributed by atoms with Gasteiger partial charge in [-0.25, -0.2) is 4.98 Å². The third-order valence-corrected chi connectivity index (χ3v) is 5.09. The zero-order valence-electron chi connectivity index (χ0n) is 14.6. The molecule has 2 heterocycles. The van der Waals surface area contributed by atoms with Gasteiger partial charge in [-0.15, -0.1) is 0 Å². The minimum Gasteiger partial charge on any atom is -0.389 e. The highest BCUT2D eigenvalue weighted by Gasteiger charge is 2.42. The smallest absolute Gasteiger partial charge is 0.252 e. The Hall–Kier alpha value is -2.70. The van der Waals surface area contributed by atoms with E-state index in [0.29, 0.717) is 18.5 Å². The van der Waals surface area contributed by atoms with Gasteiger partial charge in [0.1, 0.15) is 5.82 Å². The van der Waals surface area contributed by atoms with Crippen molar-refractivity contribution in [2.45, 2.75) is 25.0 Å². The molecule has 6 nitrogen and oxygen atoms in total. The number of hydrogen-bond donors (Lipinski definition) is 4. The third kappa shape index (κ3) is 2.87. The number of hydrogen-bond acceptors (Lipinski definition) is 4. The summed E-state index contributed by atoms with van der Waals surface area (Å²) in [7, 11) is 0. The zero-order valence-corrected chi connectivity index (χ0v) is 14.6. The van der Waals surface area contributed by atoms with Crippen LogP contribution in [0.5, 0.6) is 0 Å². The number of imidazole rings is 1. The Kier molecular flexibility index (Phi) is 4.22. The molecule has 0 aliphatic carbocycles. The molecule has 4 rings (SSSR count). The molecule has 0 radical (unpaired) electrons. The van der Waals surface area contributed by atoms with Gasteiger partial charge >= 0.3 is 0 Å². The molecule has 1 amide bonds. The average molecular weight is 350 g/mol. The minimum atomic E-state index is -0.803. The van der Waals surface area contributed by atoms with E-state index in [-0.39, 0.29) is 5.91 Å². The number of rotatable bonds is 3. The van der Waals surface area contributed by atoms with Crippen molar-refractivity contribution in [1.82, 2.24) is 20.6 Å². The number of aromatic nitrogens is 2. The molecule has 26 heavy (non-hydrogen) atoms. The van der Waals surface area contributed by atoms with Crippen LogP contribution < -0.4 is 10.6 Å². The van der Waals surface area contributed by atoms with Crippen molar-refractivity contribution in [2.75, 3.05) is 13.1 Å². The summed E-state index contributed by atoms with van der Waals surface area (Å²) in [6, 6.07) is 15.1. The molecule has 0 saturated carbocycles. The molecule has 134 valence electrons. The zero-order chi connectivity index (χ0) is 18.1. The number of nitrogens with zero attached hydrogens (tertiary/aromatic N) is 1. The average Bonchev–Trinajstić information content (AvgIpc) is 3.03. The maximum absolute atomic E-state index is 13.0. The molecule has 1 saturated heterocycles. The number of benzene rings is 2. The monoisotopic (exact) mass is 350 g/mol. The van der Waals surface area contributed by atoms with Gasteiger partial charge in [-0.05, 0) is 43.7 Å². The predicted molar refractivity (Wildman–Crippen MR) is 99.9 cm³/mol. The van der Waals surface area contributed by atoms with Crippen LogP contribution in [-0.2, 0) is 5.54 Å². The van der Waals surface area contributed by atoms with Crippen LogP contribution in [0.4, 0.5) is 0 Å². The summed E-state index contributed by atoms with van der Waals surface area (Å²) >= 11 is 0. The first-order chi connectivity index (χ1) is 12.6. The van der Waals surface area contributed by atoms with Crippen molar-refractivity contribution >= 4 is 16.9 Å². The summed E-state index contributed by atoms with van der Waals surface area (Å²) in [5.74, 6) is 0.607. The normalized spacial score (nSPS) is 23.1. The maximum Gasteiger partial charge on any atom is 0.252 e. The number of aromatic amines is 1. The fourth-order valence-electron chi connectivity index (χ4n) is 3.71. The van der Waals surface area contributed by atoms with E-state index < -0.39 is 11.6 Å². The molecule has 1 aromatic heterocycles. The Morgan fingerprint density at radius 3 is 2.85 bits per heavy atom. The molecule has 1 aliphatic heterocycles. The van der Waals surface area contributed by atoms with E-state index in [0.717, 1.165) is 29.0 Å². The molecule has 1 aliphatic rings. The van der Waals surface area contributed by atoms with E-state index in [1.54, 1.807) is 12.1 Å². The summed E-state index contributed by atoms with van der Waals surface area (Å²) in [6.07, 6.45) is -0.0873. The lowest BCUT2D eigenvalue weighted by atomic mass is 9.79. The van der Waals surface area contributed by atoms with Crippen LogP contribution in [-0.4, -0.2) is 40.2 Å². The molecule has 6 heteroatoms. The van der Waals surface area contributed by atoms with Gasteiger partial charge in [0.15, 0.2) is 0 Å². The Bertz CT molecular complexity index is 937. The quantitative estimate of drug-likeness (QED) is 0.580. The van der Waals surface area contributed by atoms with Crippen LogP contribution in [0.15, 0.2) is 48.5 Å². The molecule has 2 atom stereocenters. The highest BCUT2D eigenvalue weighted by Crippen LogP contribution is 2.31. The van der Waals surface area contributed by atoms with Crippen LogP contribution >= 0.6 is 0 Å². The number of carbonyl (C=O) groups excluding carboxylic acids is 1. The lowest BCUT2D eigenvalue weighted by molar-refractivity contribution is 0.0290. The first-order valence-electron chi connectivity index (χ1n) is 8.82. The van der Waals surface area contributed by atoms with Crippen molar-refractivity contribution < 1.29 is 9.90 Å². The molecule has 1 fully saturated rings. The Balaban J connectivity index is 1.69. The fraction of sp³-hybridized carbons (Fsp3) is 0.300. The lowest BCUT2D eigenvalue weighted by Crippen LogP contribution is -2.61. The number of amides is 1. The van der Waals surface area contributed by atoms with Gasteiger partial charge in [0.2, 0.25) is 0 Å². The second-order valence-corrected chi connectivity index (χ2v) is 6.82. The lowest BCUT2D eigenvalue weighted by Gasteiger charge is -2.43. The van der Waals surface area contributed by atoms with E-state index in [4.69, 9.17) is 0 Å². The number of aliphatic hydroxyl groups excluding tert-OH is 1. The van der Waals surface area contributed by atoms with Gasteiger partial charge in [0, 0.05) is 12.1 Å². The topological polar surface area (TPSA) is 90.0 Å². The molecule has 0 bridgehead atoms. The number of aliphatic hydroxyl groups is 1. The van der Waals surface area contributed by atoms with Gasteiger partial charge < -0.3 is 20.7 Å². The van der Waals surface area contributed by atoms with Gasteiger partial charge in [-0.3, -0.25) is 4.79 Å². The second kappa shape index (κ2) is 6.55. The summed E-state index contributed by atoms with van der Waals surface area (Å²) in [6.45, 7) is 3.05. The first-order valence-corrected chi connectivity index (χ1v) is 8.82. The first kappa shape index (κ1) is 16.8. The summed E-state index contributed by atoms with van der Waals surface area (Å²) in [5, 5.41) is 17.1. The van der Waals surface area contributed by atoms with Crippen molar-refractivity contribution in [3.05, 3.63) is 65.5 Å². The van der Waals surface area contributed by atoms with E-state index >= 15 is 0 Å². The van der Waals surface area contributed by atoms with E-state index in [1.807, 2.05) is 43.3 Å². The van der Waals surface area contributed by atoms with Crippen molar-refractivity contribution in [2.24, 2.45) is 0 Å². The molecule has 0 spiro atoms. The number of β-amino-alcohol motifs (C(OH)–C–C–N with tert-alkyl or cyclic N) is 1. The van der Waals surface area contributed by atoms with Crippen molar-refractivity contribution in [3.63, 3.8) is 0 Å². The maximum atomic E-state index is 13.0. The Morgan fingerprint density at radius 1 is 1.27 bits per heavy atom. The number of fused-ring (bicyclic) bond motifs is 1. The molecule has 3 aromatic rings. The number of aryl methyl sites for hydroxylation is 1. The number of H-pyrrole nitrogens is 1. The molecule has 4 N–H and O–H groups in total. The van der Waals surface area contributed by atoms with Crippen LogP contribution in [0.2, 0.25) is 0 Å². The Labute approximate surface area is 151 Å². The summed E-state index contributed by atoms with van der Waals surface area (Å²) < 4.78 is 0. The van der Waals surface area contributed by atoms with Gasteiger partial charge in [0.05, 0.1) is 22.7 Å². The minimum absolute atomic E-state index is 0.205. The third-order valence-electron chi connectivity index (χ3n) is 5.09. The van der Waals surface area contributed by atoms with Gasteiger partial charge in [-0.1, -0.05) is 30.3 Å². The molecule has 2 aromatic carbocycles. The Morgan fingerprint density at radius 2 is 2.08 bits per heavy atom. The largest absolute Gasteiger partial charge is 0.389 e. The van der Waals surface area contributed by atoms with Crippen molar-refractivity contribution in [3.8, 4) is 0 Å². The SMILES string of the molecule is Cc1nc2ccc(C(=O)N[C@@]3(c4ccccc4)CCNC[C@H]3O)cc2[nH]1. The van der Waals surface area contributed by atoms with Gasteiger partial charge in [-0.2, -0.15) is 0 Å². The van der Waals surface area contributed by atoms with Crippen LogP contribution in [0.1, 0.15) is 28.2 Å². The van der Waals surface area contributed by atoms with Crippen LogP contribution in [0.3, 0.4) is 0 Å². The summed E-state index contributed by atoms with van der Waals surface area (Å²) in [4.78, 5) is 20.5. The number of carbonyl (C=O) groups is 1. The van der Waals surface area contributed by atoms with E-state index in [9.17, 15) is 9.90 Å². The molecule has 0 unspecified atom stereocenters. The fourth-order valence-corrected chi connectivity index (χ4v) is 3.71.